The van der Waals surface area contributed by atoms with Gasteiger partial charge in [0.2, 0.25) is 0 Å². The third-order valence-electron chi connectivity index (χ3n) is 3.34. The van der Waals surface area contributed by atoms with Crippen molar-refractivity contribution in [3.8, 4) is 11.4 Å². The Morgan fingerprint density at radius 2 is 1.83 bits per heavy atom. The smallest absolute Gasteiger partial charge is 0.192 e. The Bertz CT molecular complexity index is 870. The molecule has 1 aromatic heterocycles. The molecule has 0 aliphatic carbocycles. The van der Waals surface area contributed by atoms with Gasteiger partial charge in [0.05, 0.1) is 11.3 Å². The van der Waals surface area contributed by atoms with Gasteiger partial charge in [0, 0.05) is 11.9 Å². The van der Waals surface area contributed by atoms with Gasteiger partial charge in [0.1, 0.15) is 5.75 Å². The van der Waals surface area contributed by atoms with Crippen molar-refractivity contribution in [1.82, 2.24) is 20.2 Å². The minimum absolute atomic E-state index is 0.171. The highest BCUT2D eigenvalue weighted by molar-refractivity contribution is 6.18. The number of Topliss-reactive ketones (excluding diaryl/α,β-unsaturated/α-hetero) is 1. The summed E-state index contributed by atoms with van der Waals surface area (Å²) < 4.78 is 1.51. The molecule has 7 nitrogen and oxygen atoms in total. The Hall–Kier alpha value is -3.48. The van der Waals surface area contributed by atoms with Crippen LogP contribution in [0.4, 0.5) is 5.69 Å². The maximum Gasteiger partial charge on any atom is 0.192 e. The average Bonchev–Trinajstić information content (AvgIpc) is 3.06. The number of allylic oxidation sites excluding steroid dienone is 1. The highest BCUT2D eigenvalue weighted by Crippen LogP contribution is 2.18. The number of aromatic nitrogens is 4. The average molecular weight is 321 g/mol. The number of hydrogen-bond acceptors (Lipinski definition) is 6. The van der Waals surface area contributed by atoms with Crippen LogP contribution in [0.5, 0.6) is 5.75 Å². The van der Waals surface area contributed by atoms with Gasteiger partial charge in [-0.25, -0.2) is 0 Å². The van der Waals surface area contributed by atoms with E-state index in [9.17, 15) is 9.90 Å². The summed E-state index contributed by atoms with van der Waals surface area (Å²) in [6.45, 7) is 1.45. The Morgan fingerprint density at radius 1 is 1.12 bits per heavy atom. The minimum atomic E-state index is -0.173. The topological polar surface area (TPSA) is 92.9 Å². The number of rotatable bonds is 5. The molecule has 0 radical (unpaired) electrons. The molecule has 2 aromatic carbocycles. The number of carbonyl (C=O) groups is 1. The molecule has 1 heterocycles. The molecular formula is C17H15N5O2. The number of phenolic OH excluding ortho intramolecular Hbond substituents is 1. The highest BCUT2D eigenvalue weighted by Gasteiger charge is 2.17. The lowest BCUT2D eigenvalue weighted by molar-refractivity contribution is -0.111. The van der Waals surface area contributed by atoms with Crippen LogP contribution in [-0.4, -0.2) is 31.1 Å². The number of benzene rings is 2. The normalized spacial score (nSPS) is 11.3. The summed E-state index contributed by atoms with van der Waals surface area (Å²) in [5.41, 5.74) is 1.83. The second-order valence-electron chi connectivity index (χ2n) is 5.06. The first-order valence-corrected chi connectivity index (χ1v) is 7.26. The van der Waals surface area contributed by atoms with E-state index in [1.54, 1.807) is 30.5 Å². The number of aromatic hydroxyl groups is 1. The summed E-state index contributed by atoms with van der Waals surface area (Å²) in [6, 6.07) is 15.8. The van der Waals surface area contributed by atoms with Crippen LogP contribution in [0, 0.1) is 0 Å². The Kier molecular flexibility index (Phi) is 4.33. The van der Waals surface area contributed by atoms with Crippen molar-refractivity contribution >= 4 is 17.0 Å². The summed E-state index contributed by atoms with van der Waals surface area (Å²) in [6.07, 6.45) is 1.56. The molecule has 24 heavy (non-hydrogen) atoms. The summed E-state index contributed by atoms with van der Waals surface area (Å²) in [5, 5.41) is 23.9. The first-order valence-electron chi connectivity index (χ1n) is 7.26. The molecule has 120 valence electrons. The van der Waals surface area contributed by atoms with Gasteiger partial charge in [-0.2, -0.15) is 4.68 Å². The predicted molar refractivity (Wildman–Crippen MR) is 89.5 cm³/mol. The first-order chi connectivity index (χ1) is 11.6. The highest BCUT2D eigenvalue weighted by atomic mass is 16.3. The quantitative estimate of drug-likeness (QED) is 0.554. The first kappa shape index (κ1) is 15.4. The van der Waals surface area contributed by atoms with Crippen LogP contribution < -0.4 is 5.32 Å². The van der Waals surface area contributed by atoms with Crippen LogP contribution >= 0.6 is 0 Å². The van der Waals surface area contributed by atoms with Crippen LogP contribution in [0.15, 0.2) is 60.8 Å². The van der Waals surface area contributed by atoms with E-state index in [2.05, 4.69) is 20.8 Å². The van der Waals surface area contributed by atoms with Crippen molar-refractivity contribution < 1.29 is 9.90 Å². The molecule has 0 fully saturated rings. The van der Waals surface area contributed by atoms with E-state index in [0.717, 1.165) is 11.4 Å². The van der Waals surface area contributed by atoms with E-state index in [4.69, 9.17) is 0 Å². The van der Waals surface area contributed by atoms with Crippen molar-refractivity contribution in [2.75, 3.05) is 5.32 Å². The molecule has 3 aromatic rings. The number of tetrazole rings is 1. The predicted octanol–water partition coefficient (Wildman–Crippen LogP) is 2.41. The molecule has 0 saturated carbocycles. The summed E-state index contributed by atoms with van der Waals surface area (Å²) in [4.78, 5) is 12.0. The SMILES string of the molecule is CC(=O)/C(=C\Nc1ccc(O)cc1)c1nnnn1-c1ccccc1. The van der Waals surface area contributed by atoms with Gasteiger partial charge >= 0.3 is 0 Å². The van der Waals surface area contributed by atoms with Gasteiger partial charge < -0.3 is 10.4 Å². The molecule has 0 atom stereocenters. The number of anilines is 1. The Morgan fingerprint density at radius 3 is 2.50 bits per heavy atom. The Labute approximate surface area is 138 Å². The van der Waals surface area contributed by atoms with Crippen LogP contribution in [0.3, 0.4) is 0 Å². The van der Waals surface area contributed by atoms with E-state index in [-0.39, 0.29) is 11.5 Å². The van der Waals surface area contributed by atoms with Crippen LogP contribution in [0.1, 0.15) is 12.7 Å². The standard InChI is InChI=1S/C17H15N5O2/c1-12(23)16(11-18-13-7-9-15(24)10-8-13)17-19-20-21-22(17)14-5-3-2-4-6-14/h2-11,18,24H,1H3/b16-11+. The second-order valence-corrected chi connectivity index (χ2v) is 5.06. The fraction of sp³-hybridized carbons (Fsp3) is 0.0588. The van der Waals surface area contributed by atoms with Crippen molar-refractivity contribution in [3.63, 3.8) is 0 Å². The third-order valence-corrected chi connectivity index (χ3v) is 3.34. The lowest BCUT2D eigenvalue weighted by Crippen LogP contribution is -2.08. The van der Waals surface area contributed by atoms with Crippen LogP contribution in [-0.2, 0) is 4.79 Å². The van der Waals surface area contributed by atoms with Crippen molar-refractivity contribution in [1.29, 1.82) is 0 Å². The molecule has 0 amide bonds. The number of phenols is 1. The Balaban J connectivity index is 1.95. The minimum Gasteiger partial charge on any atom is -0.508 e. The van der Waals surface area contributed by atoms with Gasteiger partial charge in [0.25, 0.3) is 0 Å². The summed E-state index contributed by atoms with van der Waals surface area (Å²) >= 11 is 0. The molecule has 0 saturated heterocycles. The largest absolute Gasteiger partial charge is 0.508 e. The van der Waals surface area contributed by atoms with Crippen LogP contribution in [0.25, 0.3) is 11.3 Å². The van der Waals surface area contributed by atoms with Crippen molar-refractivity contribution in [3.05, 3.63) is 66.6 Å². The van der Waals surface area contributed by atoms with Gasteiger partial charge in [0.15, 0.2) is 11.6 Å². The molecule has 0 bridgehead atoms. The van der Waals surface area contributed by atoms with Gasteiger partial charge in [-0.3, -0.25) is 4.79 Å². The number of para-hydroxylation sites is 1. The molecule has 0 unspecified atom stereocenters. The summed E-state index contributed by atoms with van der Waals surface area (Å²) in [5.74, 6) is 0.345. The summed E-state index contributed by atoms with van der Waals surface area (Å²) in [7, 11) is 0. The van der Waals surface area contributed by atoms with Gasteiger partial charge in [-0.05, 0) is 53.7 Å². The molecular weight excluding hydrogens is 306 g/mol. The van der Waals surface area contributed by atoms with E-state index in [1.165, 1.54) is 11.6 Å². The number of nitrogens with one attached hydrogen (secondary N) is 1. The number of carbonyl (C=O) groups excluding carboxylic acids is 1. The second kappa shape index (κ2) is 6.74. The van der Waals surface area contributed by atoms with Crippen molar-refractivity contribution in [2.45, 2.75) is 6.92 Å². The van der Waals surface area contributed by atoms with Crippen molar-refractivity contribution in [2.24, 2.45) is 0 Å². The zero-order valence-electron chi connectivity index (χ0n) is 12.9. The molecule has 0 aliphatic heterocycles. The zero-order chi connectivity index (χ0) is 16.9. The lowest BCUT2D eigenvalue weighted by Gasteiger charge is -2.07. The number of hydrogen-bond donors (Lipinski definition) is 2. The monoisotopic (exact) mass is 321 g/mol. The molecule has 2 N–H and O–H groups in total. The molecule has 0 spiro atoms. The molecule has 7 heteroatoms. The fourth-order valence-electron chi connectivity index (χ4n) is 2.13. The van der Waals surface area contributed by atoms with E-state index >= 15 is 0 Å². The van der Waals surface area contributed by atoms with Crippen LogP contribution in [0.2, 0.25) is 0 Å². The zero-order valence-corrected chi connectivity index (χ0v) is 12.9. The van der Waals surface area contributed by atoms with Gasteiger partial charge in [-0.1, -0.05) is 18.2 Å². The van der Waals surface area contributed by atoms with E-state index in [0.29, 0.717) is 11.4 Å². The maximum absolute atomic E-state index is 12.0. The third kappa shape index (κ3) is 3.30. The van der Waals surface area contributed by atoms with E-state index < -0.39 is 0 Å². The van der Waals surface area contributed by atoms with E-state index in [1.807, 2.05) is 30.3 Å². The maximum atomic E-state index is 12.0. The fourth-order valence-corrected chi connectivity index (χ4v) is 2.13. The molecule has 0 aliphatic rings. The van der Waals surface area contributed by atoms with Gasteiger partial charge in [-0.15, -0.1) is 5.10 Å². The molecule has 3 rings (SSSR count). The number of ketones is 1. The lowest BCUT2D eigenvalue weighted by atomic mass is 10.2. The number of nitrogens with zero attached hydrogens (tertiary/aromatic N) is 4.